The van der Waals surface area contributed by atoms with Gasteiger partial charge in [-0.3, -0.25) is 9.63 Å². The Bertz CT molecular complexity index is 377. The first-order chi connectivity index (χ1) is 7.92. The largest absolute Gasteiger partial charge is 0.414 e. The molecule has 0 aromatic carbocycles. The van der Waals surface area contributed by atoms with E-state index in [1.807, 2.05) is 0 Å². The summed E-state index contributed by atoms with van der Waals surface area (Å²) in [7, 11) is 0. The van der Waals surface area contributed by atoms with Crippen molar-refractivity contribution in [3.8, 4) is 0 Å². The van der Waals surface area contributed by atoms with Crippen molar-refractivity contribution in [1.82, 2.24) is 15.0 Å². The number of hydroxylamine groups is 1. The van der Waals surface area contributed by atoms with E-state index in [4.69, 9.17) is 5.73 Å². The second kappa shape index (κ2) is 5.64. The second-order valence-electron chi connectivity index (χ2n) is 3.12. The van der Waals surface area contributed by atoms with Gasteiger partial charge >= 0.3 is 6.18 Å². The smallest absolute Gasteiger partial charge is 0.335 e. The molecule has 9 heteroatoms. The van der Waals surface area contributed by atoms with E-state index in [1.165, 1.54) is 12.5 Å². The third-order valence-electron chi connectivity index (χ3n) is 1.65. The Balaban J connectivity index is 2.41. The molecule has 0 aliphatic rings. The highest BCUT2D eigenvalue weighted by molar-refractivity contribution is 5.91. The van der Waals surface area contributed by atoms with E-state index in [-0.39, 0.29) is 5.69 Å². The van der Waals surface area contributed by atoms with Crippen molar-refractivity contribution < 1.29 is 22.8 Å². The van der Waals surface area contributed by atoms with Crippen LogP contribution in [0.25, 0.3) is 0 Å². The van der Waals surface area contributed by atoms with Crippen molar-refractivity contribution in [2.45, 2.75) is 12.7 Å². The zero-order valence-corrected chi connectivity index (χ0v) is 8.70. The number of carbonyl (C=O) groups excluding carboxylic acids is 1. The molecule has 1 aromatic heterocycles. The van der Waals surface area contributed by atoms with Gasteiger partial charge in [0.05, 0.1) is 6.33 Å². The molecule has 1 amide bonds. The van der Waals surface area contributed by atoms with Crippen LogP contribution in [0.1, 0.15) is 10.5 Å². The molecule has 1 heterocycles. The van der Waals surface area contributed by atoms with Gasteiger partial charge in [-0.15, -0.1) is 0 Å². The van der Waals surface area contributed by atoms with E-state index in [0.29, 0.717) is 13.1 Å². The molecule has 6 nitrogen and oxygen atoms in total. The lowest BCUT2D eigenvalue weighted by molar-refractivity contribution is -0.184. The van der Waals surface area contributed by atoms with Gasteiger partial charge in [0.25, 0.3) is 5.91 Å². The molecule has 0 unspecified atom stereocenters. The maximum absolute atomic E-state index is 11.7. The molecule has 1 rings (SSSR count). The maximum atomic E-state index is 11.7. The molecule has 0 spiro atoms. The Labute approximate surface area is 94.5 Å². The number of halogens is 3. The average Bonchev–Trinajstić information content (AvgIpc) is 2.65. The van der Waals surface area contributed by atoms with Gasteiger partial charge in [0, 0.05) is 19.3 Å². The number of carbonyl (C=O) groups is 1. The summed E-state index contributed by atoms with van der Waals surface area (Å²) in [6.45, 7) is -0.728. The number of nitrogens with one attached hydrogen (secondary N) is 1. The normalized spacial score (nSPS) is 11.5. The molecule has 0 saturated carbocycles. The number of nitrogens with zero attached hydrogens (tertiary/aromatic N) is 2. The molecule has 0 aliphatic carbocycles. The fraction of sp³-hybridized carbons (Fsp3) is 0.500. The van der Waals surface area contributed by atoms with Crippen molar-refractivity contribution >= 4 is 5.91 Å². The topological polar surface area (TPSA) is 82.2 Å². The quantitative estimate of drug-likeness (QED) is 0.726. The second-order valence-corrected chi connectivity index (χ2v) is 3.12. The van der Waals surface area contributed by atoms with Gasteiger partial charge in [-0.25, -0.2) is 10.5 Å². The van der Waals surface area contributed by atoms with E-state index in [2.05, 4.69) is 9.82 Å². The van der Waals surface area contributed by atoms with Crippen LogP contribution in [0.4, 0.5) is 13.2 Å². The van der Waals surface area contributed by atoms with Gasteiger partial charge in [0.2, 0.25) is 0 Å². The summed E-state index contributed by atoms with van der Waals surface area (Å²) in [6.07, 6.45) is -1.78. The molecule has 0 atom stereocenters. The third kappa shape index (κ3) is 4.83. The van der Waals surface area contributed by atoms with Crippen molar-refractivity contribution in [3.63, 3.8) is 0 Å². The fourth-order valence-corrected chi connectivity index (χ4v) is 0.984. The summed E-state index contributed by atoms with van der Waals surface area (Å²) >= 11 is 0. The molecule has 1 aromatic rings. The van der Waals surface area contributed by atoms with Crippen LogP contribution in [0, 0.1) is 0 Å². The lowest BCUT2D eigenvalue weighted by Crippen LogP contribution is -2.29. The molecule has 96 valence electrons. The summed E-state index contributed by atoms with van der Waals surface area (Å²) in [6, 6.07) is 0. The molecule has 0 radical (unpaired) electrons. The monoisotopic (exact) mass is 252 g/mol. The van der Waals surface area contributed by atoms with Crippen LogP contribution in [0.15, 0.2) is 12.5 Å². The number of nitrogens with two attached hydrogens (primary N) is 1. The fourth-order valence-electron chi connectivity index (χ4n) is 0.984. The highest BCUT2D eigenvalue weighted by Gasteiger charge is 2.28. The summed E-state index contributed by atoms with van der Waals surface area (Å²) in [4.78, 5) is 18.9. The summed E-state index contributed by atoms with van der Waals surface area (Å²) in [5.74, 6) is -0.843. The SMILES string of the molecule is NCCn1cnc(C(=O)NOCC(F)(F)F)c1. The Kier molecular flexibility index (Phi) is 4.46. The predicted molar refractivity (Wildman–Crippen MR) is 50.8 cm³/mol. The van der Waals surface area contributed by atoms with Gasteiger partial charge in [0.1, 0.15) is 5.69 Å². The number of alkyl halides is 3. The molecule has 0 bridgehead atoms. The Morgan fingerprint density at radius 3 is 2.88 bits per heavy atom. The van der Waals surface area contributed by atoms with E-state index in [9.17, 15) is 18.0 Å². The van der Waals surface area contributed by atoms with Gasteiger partial charge in [-0.1, -0.05) is 0 Å². The van der Waals surface area contributed by atoms with E-state index >= 15 is 0 Å². The van der Waals surface area contributed by atoms with Crippen LogP contribution in [0.2, 0.25) is 0 Å². The zero-order valence-electron chi connectivity index (χ0n) is 8.70. The number of hydrogen-bond acceptors (Lipinski definition) is 4. The molecular weight excluding hydrogens is 241 g/mol. The van der Waals surface area contributed by atoms with Gasteiger partial charge in [-0.2, -0.15) is 13.2 Å². The van der Waals surface area contributed by atoms with Crippen molar-refractivity contribution in [2.75, 3.05) is 13.2 Å². The van der Waals surface area contributed by atoms with E-state index in [1.54, 1.807) is 10.0 Å². The van der Waals surface area contributed by atoms with Gasteiger partial charge in [-0.05, 0) is 0 Å². The Morgan fingerprint density at radius 1 is 1.59 bits per heavy atom. The minimum atomic E-state index is -4.49. The lowest BCUT2D eigenvalue weighted by atomic mass is 10.4. The first-order valence-electron chi connectivity index (χ1n) is 4.63. The van der Waals surface area contributed by atoms with E-state index in [0.717, 1.165) is 0 Å². The van der Waals surface area contributed by atoms with Crippen LogP contribution in [-0.4, -0.2) is 34.8 Å². The van der Waals surface area contributed by atoms with Crippen LogP contribution in [-0.2, 0) is 11.4 Å². The van der Waals surface area contributed by atoms with Crippen LogP contribution < -0.4 is 11.2 Å². The molecule has 17 heavy (non-hydrogen) atoms. The first kappa shape index (κ1) is 13.5. The average molecular weight is 252 g/mol. The highest BCUT2D eigenvalue weighted by Crippen LogP contribution is 2.13. The van der Waals surface area contributed by atoms with E-state index < -0.39 is 18.7 Å². The number of amides is 1. The van der Waals surface area contributed by atoms with Gasteiger partial charge in [0.15, 0.2) is 6.61 Å². The van der Waals surface area contributed by atoms with Crippen molar-refractivity contribution in [3.05, 3.63) is 18.2 Å². The minimum absolute atomic E-state index is 0.0411. The highest BCUT2D eigenvalue weighted by atomic mass is 19.4. The van der Waals surface area contributed by atoms with Gasteiger partial charge < -0.3 is 10.3 Å². The summed E-state index contributed by atoms with van der Waals surface area (Å²) in [5.41, 5.74) is 6.88. The minimum Gasteiger partial charge on any atom is -0.335 e. The number of imidazole rings is 1. The number of hydrogen-bond donors (Lipinski definition) is 2. The van der Waals surface area contributed by atoms with Crippen LogP contribution in [0.5, 0.6) is 0 Å². The zero-order chi connectivity index (χ0) is 12.9. The lowest BCUT2D eigenvalue weighted by Gasteiger charge is -2.06. The third-order valence-corrected chi connectivity index (χ3v) is 1.65. The molecule has 0 fully saturated rings. The number of rotatable bonds is 5. The first-order valence-corrected chi connectivity index (χ1v) is 4.63. The molecule has 0 aliphatic heterocycles. The molecule has 3 N–H and O–H groups in total. The predicted octanol–water partition coefficient (Wildman–Crippen LogP) is 0.0655. The maximum Gasteiger partial charge on any atom is 0.414 e. The number of aromatic nitrogens is 2. The van der Waals surface area contributed by atoms with Crippen LogP contribution >= 0.6 is 0 Å². The van der Waals surface area contributed by atoms with Crippen LogP contribution in [0.3, 0.4) is 0 Å². The standard InChI is InChI=1S/C8H11F3N4O2/c9-8(10,11)4-17-14-7(16)6-3-15(2-1-12)5-13-6/h3,5H,1-2,4,12H2,(H,14,16). The van der Waals surface area contributed by atoms with Crippen molar-refractivity contribution in [2.24, 2.45) is 5.73 Å². The van der Waals surface area contributed by atoms with Crippen molar-refractivity contribution in [1.29, 1.82) is 0 Å². The molecular formula is C8H11F3N4O2. The Morgan fingerprint density at radius 2 is 2.29 bits per heavy atom. The molecule has 0 saturated heterocycles. The Hall–Kier alpha value is -1.61. The summed E-state index contributed by atoms with van der Waals surface area (Å²) < 4.78 is 36.6. The summed E-state index contributed by atoms with van der Waals surface area (Å²) in [5, 5.41) is 0.